The number of fused-ring (bicyclic) bond motifs is 1. The van der Waals surface area contributed by atoms with Crippen molar-refractivity contribution in [1.29, 1.82) is 0 Å². The fourth-order valence-corrected chi connectivity index (χ4v) is 4.81. The summed E-state index contributed by atoms with van der Waals surface area (Å²) in [6.07, 6.45) is 6.36. The molecule has 1 fully saturated rings. The number of methoxy groups -OCH3 is 1. The van der Waals surface area contributed by atoms with Crippen LogP contribution >= 0.6 is 0 Å². The second kappa shape index (κ2) is 9.87. The Kier molecular flexibility index (Phi) is 6.90. The van der Waals surface area contributed by atoms with Gasteiger partial charge in [-0.3, -0.25) is 19.2 Å². The van der Waals surface area contributed by atoms with Crippen molar-refractivity contribution in [3.63, 3.8) is 0 Å². The first-order valence-corrected chi connectivity index (χ1v) is 11.9. The minimum Gasteiger partial charge on any atom is -0.494 e. The van der Waals surface area contributed by atoms with E-state index in [2.05, 4.69) is 10.4 Å². The smallest absolute Gasteiger partial charge is 0.358 e. The van der Waals surface area contributed by atoms with Gasteiger partial charge < -0.3 is 14.8 Å². The number of ether oxygens (including phenoxy) is 2. The Bertz CT molecular complexity index is 1060. The summed E-state index contributed by atoms with van der Waals surface area (Å²) >= 11 is 0. The van der Waals surface area contributed by atoms with Crippen molar-refractivity contribution in [2.45, 2.75) is 70.5 Å². The highest BCUT2D eigenvalue weighted by Gasteiger charge is 2.49. The number of hydrogen-bond donors (Lipinski definition) is 1. The molecule has 2 aliphatic rings. The lowest BCUT2D eigenvalue weighted by molar-refractivity contribution is -0.127. The Balaban J connectivity index is 1.72. The standard InChI is InChI=1S/C25H32N4O5/c1-4-34-19-13-11-18(12-14-19)29-22(30)21-15-20(23(31)33-3)27-28(21)16-25(29,2)24(32)26-17-9-7-5-6-8-10-17/h11-15,17H,4-10,16H2,1-3H3,(H,26,32)/t25-/m1/s1. The summed E-state index contributed by atoms with van der Waals surface area (Å²) < 4.78 is 11.7. The lowest BCUT2D eigenvalue weighted by Gasteiger charge is -2.43. The molecule has 2 heterocycles. The SMILES string of the molecule is CCOc1ccc(N2C(=O)c3cc(C(=O)OC)nn3C[C@]2(C)C(=O)NC2CCCCCC2)cc1. The van der Waals surface area contributed by atoms with Crippen LogP contribution in [0.4, 0.5) is 5.69 Å². The quantitative estimate of drug-likeness (QED) is 0.515. The van der Waals surface area contributed by atoms with Gasteiger partial charge in [0, 0.05) is 17.8 Å². The van der Waals surface area contributed by atoms with Crippen molar-refractivity contribution in [1.82, 2.24) is 15.1 Å². The molecule has 1 saturated carbocycles. The van der Waals surface area contributed by atoms with Gasteiger partial charge in [0.2, 0.25) is 5.91 Å². The van der Waals surface area contributed by atoms with E-state index in [0.717, 1.165) is 25.7 Å². The van der Waals surface area contributed by atoms with Gasteiger partial charge in [-0.2, -0.15) is 5.10 Å². The fourth-order valence-electron chi connectivity index (χ4n) is 4.81. The maximum absolute atomic E-state index is 13.7. The Morgan fingerprint density at radius 1 is 1.15 bits per heavy atom. The predicted octanol–water partition coefficient (Wildman–Crippen LogP) is 3.33. The highest BCUT2D eigenvalue weighted by Crippen LogP contribution is 2.34. The van der Waals surface area contributed by atoms with Crippen molar-refractivity contribution in [3.05, 3.63) is 41.7 Å². The summed E-state index contributed by atoms with van der Waals surface area (Å²) in [6, 6.07) is 8.59. The molecule has 0 unspecified atom stereocenters. The van der Waals surface area contributed by atoms with Gasteiger partial charge in [-0.1, -0.05) is 25.7 Å². The van der Waals surface area contributed by atoms with Crippen LogP contribution in [0.1, 0.15) is 73.3 Å². The Morgan fingerprint density at radius 3 is 2.44 bits per heavy atom. The van der Waals surface area contributed by atoms with Gasteiger partial charge in [0.1, 0.15) is 17.0 Å². The first-order chi connectivity index (χ1) is 16.4. The summed E-state index contributed by atoms with van der Waals surface area (Å²) in [4.78, 5) is 41.0. The molecule has 0 spiro atoms. The number of benzene rings is 1. The maximum Gasteiger partial charge on any atom is 0.358 e. The lowest BCUT2D eigenvalue weighted by atomic mass is 9.93. The number of carbonyl (C=O) groups is 3. The van der Waals surface area contributed by atoms with Crippen LogP contribution in [0.3, 0.4) is 0 Å². The van der Waals surface area contributed by atoms with E-state index in [9.17, 15) is 14.4 Å². The van der Waals surface area contributed by atoms with Crippen LogP contribution in [-0.4, -0.2) is 52.9 Å². The minimum atomic E-state index is -1.25. The van der Waals surface area contributed by atoms with Gasteiger partial charge in [-0.05, 0) is 51.0 Å². The summed E-state index contributed by atoms with van der Waals surface area (Å²) in [7, 11) is 1.26. The van der Waals surface area contributed by atoms with E-state index in [-0.39, 0.29) is 29.9 Å². The van der Waals surface area contributed by atoms with E-state index in [0.29, 0.717) is 18.0 Å². The zero-order valence-corrected chi connectivity index (χ0v) is 20.0. The van der Waals surface area contributed by atoms with E-state index in [4.69, 9.17) is 9.47 Å². The van der Waals surface area contributed by atoms with E-state index in [1.54, 1.807) is 31.2 Å². The van der Waals surface area contributed by atoms with Crippen LogP contribution < -0.4 is 15.0 Å². The third kappa shape index (κ3) is 4.51. The summed E-state index contributed by atoms with van der Waals surface area (Å²) in [5.41, 5.74) is -0.415. The highest BCUT2D eigenvalue weighted by atomic mass is 16.5. The third-order valence-corrected chi connectivity index (χ3v) is 6.63. The predicted molar refractivity (Wildman–Crippen MR) is 126 cm³/mol. The molecule has 1 aliphatic heterocycles. The largest absolute Gasteiger partial charge is 0.494 e. The van der Waals surface area contributed by atoms with Crippen molar-refractivity contribution in [2.24, 2.45) is 0 Å². The van der Waals surface area contributed by atoms with Crippen molar-refractivity contribution < 1.29 is 23.9 Å². The van der Waals surface area contributed by atoms with Gasteiger partial charge >= 0.3 is 5.97 Å². The van der Waals surface area contributed by atoms with Crippen molar-refractivity contribution >= 4 is 23.5 Å². The van der Waals surface area contributed by atoms with Crippen LogP contribution in [0.5, 0.6) is 5.75 Å². The monoisotopic (exact) mass is 468 g/mol. The van der Waals surface area contributed by atoms with E-state index in [1.165, 1.54) is 35.6 Å². The first kappa shape index (κ1) is 23.8. The third-order valence-electron chi connectivity index (χ3n) is 6.63. The fraction of sp³-hybridized carbons (Fsp3) is 0.520. The number of rotatable bonds is 6. The van der Waals surface area contributed by atoms with Crippen LogP contribution in [0.25, 0.3) is 0 Å². The van der Waals surface area contributed by atoms with Crippen molar-refractivity contribution in [2.75, 3.05) is 18.6 Å². The normalized spacial score (nSPS) is 20.9. The minimum absolute atomic E-state index is 0.0333. The molecule has 182 valence electrons. The lowest BCUT2D eigenvalue weighted by Crippen LogP contribution is -2.65. The Morgan fingerprint density at radius 2 is 1.82 bits per heavy atom. The molecule has 0 saturated heterocycles. The van der Waals surface area contributed by atoms with Gasteiger partial charge in [0.15, 0.2) is 5.69 Å². The molecule has 1 atom stereocenters. The molecule has 34 heavy (non-hydrogen) atoms. The zero-order valence-electron chi connectivity index (χ0n) is 20.0. The van der Waals surface area contributed by atoms with Gasteiger partial charge in [0.05, 0.1) is 20.3 Å². The highest BCUT2D eigenvalue weighted by molar-refractivity contribution is 6.12. The molecule has 1 aromatic carbocycles. The Labute approximate surface area is 199 Å². The molecule has 0 bridgehead atoms. The van der Waals surface area contributed by atoms with E-state index >= 15 is 0 Å². The van der Waals surface area contributed by atoms with Gasteiger partial charge in [-0.15, -0.1) is 0 Å². The second-order valence-corrected chi connectivity index (χ2v) is 9.07. The number of amides is 2. The van der Waals surface area contributed by atoms with E-state index < -0.39 is 17.4 Å². The van der Waals surface area contributed by atoms with Crippen LogP contribution in [-0.2, 0) is 16.1 Å². The number of aromatic nitrogens is 2. The molecule has 2 amide bonds. The molecule has 0 radical (unpaired) electrons. The van der Waals surface area contributed by atoms with Crippen LogP contribution in [0.2, 0.25) is 0 Å². The molecule has 1 N–H and O–H groups in total. The number of nitrogens with one attached hydrogen (secondary N) is 1. The number of nitrogens with zero attached hydrogens (tertiary/aromatic N) is 3. The van der Waals surface area contributed by atoms with E-state index in [1.807, 2.05) is 6.92 Å². The zero-order chi connectivity index (χ0) is 24.3. The number of carbonyl (C=O) groups excluding carboxylic acids is 3. The van der Waals surface area contributed by atoms with Crippen LogP contribution in [0.15, 0.2) is 30.3 Å². The molecule has 4 rings (SSSR count). The maximum atomic E-state index is 13.7. The van der Waals surface area contributed by atoms with Gasteiger partial charge in [-0.25, -0.2) is 4.79 Å². The molecule has 1 aliphatic carbocycles. The second-order valence-electron chi connectivity index (χ2n) is 9.07. The topological polar surface area (TPSA) is 103 Å². The van der Waals surface area contributed by atoms with Crippen molar-refractivity contribution in [3.8, 4) is 5.75 Å². The summed E-state index contributed by atoms with van der Waals surface area (Å²) in [6.45, 7) is 4.28. The van der Waals surface area contributed by atoms with Crippen LogP contribution in [0, 0.1) is 0 Å². The summed E-state index contributed by atoms with van der Waals surface area (Å²) in [5.74, 6) is -0.593. The first-order valence-electron chi connectivity index (χ1n) is 11.9. The molecule has 2 aromatic rings. The average Bonchev–Trinajstić information content (AvgIpc) is 3.08. The number of hydrogen-bond acceptors (Lipinski definition) is 6. The molecule has 9 nitrogen and oxygen atoms in total. The van der Waals surface area contributed by atoms with Gasteiger partial charge in [0.25, 0.3) is 5.91 Å². The molecular weight excluding hydrogens is 436 g/mol. The average molecular weight is 469 g/mol. The Hall–Kier alpha value is -3.36. The number of anilines is 1. The summed E-state index contributed by atoms with van der Waals surface area (Å²) in [5, 5.41) is 7.48. The number of esters is 1. The molecule has 1 aromatic heterocycles. The molecule has 9 heteroatoms. The molecular formula is C25H32N4O5.